The Labute approximate surface area is 193 Å². The lowest BCUT2D eigenvalue weighted by Crippen LogP contribution is -2.38. The highest BCUT2D eigenvalue weighted by Gasteiger charge is 2.38. The summed E-state index contributed by atoms with van der Waals surface area (Å²) < 4.78 is 0. The summed E-state index contributed by atoms with van der Waals surface area (Å²) in [5.41, 5.74) is 2.88. The van der Waals surface area contributed by atoms with Crippen LogP contribution < -0.4 is 10.2 Å². The molecule has 1 saturated heterocycles. The van der Waals surface area contributed by atoms with Crippen LogP contribution in [0.3, 0.4) is 0 Å². The van der Waals surface area contributed by atoms with Gasteiger partial charge in [0.25, 0.3) is 0 Å². The van der Waals surface area contributed by atoms with Crippen molar-refractivity contribution < 1.29 is 4.79 Å². The molecule has 3 heterocycles. The SMILES string of the molecule is CC(C)[C@H]1CN(C)C(=O)N1c1ccnc(N[C@@H](C)c2ccc(-c3cccc(Cl)c3)cn2)n1. The number of rotatable bonds is 6. The molecule has 1 fully saturated rings. The zero-order valence-electron chi connectivity index (χ0n) is 18.7. The molecular formula is C24H27ClN6O. The Bertz CT molecular complexity index is 1100. The summed E-state index contributed by atoms with van der Waals surface area (Å²) in [6, 6.07) is 13.4. The van der Waals surface area contributed by atoms with E-state index in [-0.39, 0.29) is 18.1 Å². The van der Waals surface area contributed by atoms with E-state index in [0.717, 1.165) is 16.8 Å². The zero-order chi connectivity index (χ0) is 22.8. The third-order valence-electron chi connectivity index (χ3n) is 5.72. The third kappa shape index (κ3) is 4.53. The number of hydrogen-bond acceptors (Lipinski definition) is 5. The van der Waals surface area contributed by atoms with E-state index in [9.17, 15) is 4.79 Å². The van der Waals surface area contributed by atoms with Gasteiger partial charge in [-0.3, -0.25) is 9.88 Å². The molecule has 0 radical (unpaired) electrons. The maximum atomic E-state index is 12.7. The van der Waals surface area contributed by atoms with Gasteiger partial charge in [-0.1, -0.05) is 43.6 Å². The van der Waals surface area contributed by atoms with Crippen molar-refractivity contribution in [1.29, 1.82) is 0 Å². The first-order valence-electron chi connectivity index (χ1n) is 10.7. The molecule has 32 heavy (non-hydrogen) atoms. The average Bonchev–Trinajstić information content (AvgIpc) is 3.09. The molecule has 0 unspecified atom stereocenters. The summed E-state index contributed by atoms with van der Waals surface area (Å²) in [5.74, 6) is 1.38. The lowest BCUT2D eigenvalue weighted by Gasteiger charge is -2.25. The second-order valence-corrected chi connectivity index (χ2v) is 8.87. The smallest absolute Gasteiger partial charge is 0.325 e. The van der Waals surface area contributed by atoms with Crippen LogP contribution in [-0.2, 0) is 0 Å². The van der Waals surface area contributed by atoms with Crippen LogP contribution in [0.5, 0.6) is 0 Å². The molecule has 2 atom stereocenters. The minimum Gasteiger partial charge on any atom is -0.346 e. The van der Waals surface area contributed by atoms with Gasteiger partial charge in [-0.05, 0) is 42.7 Å². The highest BCUT2D eigenvalue weighted by molar-refractivity contribution is 6.30. The second kappa shape index (κ2) is 9.12. The number of carbonyl (C=O) groups excluding carboxylic acids is 1. The Morgan fingerprint density at radius 1 is 1.09 bits per heavy atom. The molecule has 1 aromatic carbocycles. The van der Waals surface area contributed by atoms with E-state index in [4.69, 9.17) is 11.6 Å². The highest BCUT2D eigenvalue weighted by atomic mass is 35.5. The molecule has 2 aromatic heterocycles. The second-order valence-electron chi connectivity index (χ2n) is 8.43. The number of likely N-dealkylation sites (N-methyl/N-ethyl adjacent to an activating group) is 1. The maximum absolute atomic E-state index is 12.7. The number of aromatic nitrogens is 3. The lowest BCUT2D eigenvalue weighted by atomic mass is 10.0. The molecule has 166 valence electrons. The van der Waals surface area contributed by atoms with Gasteiger partial charge in [0.1, 0.15) is 5.82 Å². The van der Waals surface area contributed by atoms with Crippen LogP contribution in [-0.4, -0.2) is 45.5 Å². The van der Waals surface area contributed by atoms with Gasteiger partial charge >= 0.3 is 6.03 Å². The van der Waals surface area contributed by atoms with Gasteiger partial charge in [0.05, 0.1) is 17.8 Å². The number of anilines is 2. The van der Waals surface area contributed by atoms with E-state index in [0.29, 0.717) is 29.3 Å². The Kier molecular flexibility index (Phi) is 6.28. The van der Waals surface area contributed by atoms with E-state index >= 15 is 0 Å². The molecule has 2 amide bonds. The van der Waals surface area contributed by atoms with Crippen LogP contribution in [0.1, 0.15) is 32.5 Å². The molecule has 0 aliphatic carbocycles. The zero-order valence-corrected chi connectivity index (χ0v) is 19.4. The summed E-state index contributed by atoms with van der Waals surface area (Å²) in [6.07, 6.45) is 3.51. The number of halogens is 1. The fraction of sp³-hybridized carbons (Fsp3) is 0.333. The molecule has 1 aliphatic heterocycles. The summed E-state index contributed by atoms with van der Waals surface area (Å²) in [6.45, 7) is 6.92. The van der Waals surface area contributed by atoms with Crippen LogP contribution >= 0.6 is 11.6 Å². The predicted octanol–water partition coefficient (Wildman–Crippen LogP) is 5.26. The summed E-state index contributed by atoms with van der Waals surface area (Å²) in [5, 5.41) is 4.00. The van der Waals surface area contributed by atoms with Crippen molar-refractivity contribution in [2.75, 3.05) is 23.8 Å². The summed E-state index contributed by atoms with van der Waals surface area (Å²) >= 11 is 6.10. The van der Waals surface area contributed by atoms with Gasteiger partial charge in [-0.15, -0.1) is 0 Å². The Hall–Kier alpha value is -3.19. The van der Waals surface area contributed by atoms with Crippen LogP contribution in [0.4, 0.5) is 16.6 Å². The van der Waals surface area contributed by atoms with Crippen LogP contribution in [0.15, 0.2) is 54.9 Å². The first kappa shape index (κ1) is 22.0. The third-order valence-corrected chi connectivity index (χ3v) is 5.95. The fourth-order valence-corrected chi connectivity index (χ4v) is 4.05. The van der Waals surface area contributed by atoms with Crippen molar-refractivity contribution >= 4 is 29.4 Å². The molecular weight excluding hydrogens is 424 g/mol. The molecule has 0 bridgehead atoms. The fourth-order valence-electron chi connectivity index (χ4n) is 3.86. The van der Waals surface area contributed by atoms with Crippen molar-refractivity contribution in [3.05, 3.63) is 65.6 Å². The predicted molar refractivity (Wildman–Crippen MR) is 128 cm³/mol. The van der Waals surface area contributed by atoms with Crippen molar-refractivity contribution in [2.24, 2.45) is 5.92 Å². The minimum atomic E-state index is -0.114. The quantitative estimate of drug-likeness (QED) is 0.554. The van der Waals surface area contributed by atoms with Crippen molar-refractivity contribution in [3.63, 3.8) is 0 Å². The standard InChI is InChI=1S/C24H27ClN6O/c1-15(2)21-14-30(4)24(32)31(21)22-10-11-26-23(29-22)28-16(3)20-9-8-18(13-27-20)17-6-5-7-19(25)12-17/h5-13,15-16,21H,14H2,1-4H3,(H,26,28,29)/t16-,21+/m0/s1. The number of hydrogen-bond donors (Lipinski definition) is 1. The molecule has 1 aliphatic rings. The first-order valence-corrected chi connectivity index (χ1v) is 11.1. The van der Waals surface area contributed by atoms with Gasteiger partial charge in [0, 0.05) is 36.6 Å². The molecule has 1 N–H and O–H groups in total. The average molecular weight is 451 g/mol. The number of nitrogens with one attached hydrogen (secondary N) is 1. The van der Waals surface area contributed by atoms with Gasteiger partial charge in [-0.2, -0.15) is 4.98 Å². The van der Waals surface area contributed by atoms with Crippen LogP contribution in [0.25, 0.3) is 11.1 Å². The number of urea groups is 1. The Morgan fingerprint density at radius 2 is 1.91 bits per heavy atom. The van der Waals surface area contributed by atoms with Gasteiger partial charge in [0.15, 0.2) is 0 Å². The van der Waals surface area contributed by atoms with E-state index in [2.05, 4.69) is 34.1 Å². The Balaban J connectivity index is 1.50. The van der Waals surface area contributed by atoms with Crippen molar-refractivity contribution in [3.8, 4) is 11.1 Å². The molecule has 8 heteroatoms. The molecule has 3 aromatic rings. The number of benzene rings is 1. The van der Waals surface area contributed by atoms with Gasteiger partial charge < -0.3 is 10.2 Å². The van der Waals surface area contributed by atoms with Crippen molar-refractivity contribution in [1.82, 2.24) is 19.9 Å². The summed E-state index contributed by atoms with van der Waals surface area (Å²) in [4.78, 5) is 29.8. The number of amides is 2. The van der Waals surface area contributed by atoms with Gasteiger partial charge in [-0.25, -0.2) is 9.78 Å². The van der Waals surface area contributed by atoms with Crippen molar-refractivity contribution in [2.45, 2.75) is 32.9 Å². The maximum Gasteiger partial charge on any atom is 0.325 e. The largest absolute Gasteiger partial charge is 0.346 e. The van der Waals surface area contributed by atoms with E-state index < -0.39 is 0 Å². The topological polar surface area (TPSA) is 74.2 Å². The molecule has 4 rings (SSSR count). The monoisotopic (exact) mass is 450 g/mol. The molecule has 7 nitrogen and oxygen atoms in total. The normalized spacial score (nSPS) is 17.2. The van der Waals surface area contributed by atoms with Gasteiger partial charge in [0.2, 0.25) is 5.95 Å². The van der Waals surface area contributed by atoms with E-state index in [1.807, 2.05) is 56.6 Å². The number of carbonyl (C=O) groups is 1. The van der Waals surface area contributed by atoms with Crippen LogP contribution in [0.2, 0.25) is 5.02 Å². The minimum absolute atomic E-state index is 0.0420. The van der Waals surface area contributed by atoms with Crippen LogP contribution in [0, 0.1) is 5.92 Å². The van der Waals surface area contributed by atoms with E-state index in [1.165, 1.54) is 0 Å². The summed E-state index contributed by atoms with van der Waals surface area (Å²) in [7, 11) is 1.82. The first-order chi connectivity index (χ1) is 15.3. The number of nitrogens with zero attached hydrogens (tertiary/aromatic N) is 5. The lowest BCUT2D eigenvalue weighted by molar-refractivity contribution is 0.229. The Morgan fingerprint density at radius 3 is 2.59 bits per heavy atom. The molecule has 0 saturated carbocycles. The molecule has 0 spiro atoms. The number of pyridine rings is 1. The highest BCUT2D eigenvalue weighted by Crippen LogP contribution is 2.28. The van der Waals surface area contributed by atoms with E-state index in [1.54, 1.807) is 22.1 Å².